The second kappa shape index (κ2) is 7.36. The van der Waals surface area contributed by atoms with E-state index in [2.05, 4.69) is 0 Å². The highest BCUT2D eigenvalue weighted by Crippen LogP contribution is 2.31. The summed E-state index contributed by atoms with van der Waals surface area (Å²) in [5.41, 5.74) is 2.64. The Balaban J connectivity index is 2.45. The Morgan fingerprint density at radius 3 is 2.42 bits per heavy atom. The second-order valence-corrected chi connectivity index (χ2v) is 6.15. The van der Waals surface area contributed by atoms with Gasteiger partial charge in [-0.1, -0.05) is 18.2 Å². The Hall–Kier alpha value is -2.53. The van der Waals surface area contributed by atoms with E-state index in [1.807, 2.05) is 6.26 Å². The number of ketones is 1. The number of carboxylic acid groups (broad SMARTS) is 1. The van der Waals surface area contributed by atoms with Gasteiger partial charge in [-0.15, -0.1) is 11.8 Å². The number of para-hydroxylation sites is 1. The van der Waals surface area contributed by atoms with Crippen molar-refractivity contribution in [2.75, 3.05) is 6.26 Å². The number of aromatic hydroxyl groups is 1. The highest BCUT2D eigenvalue weighted by Gasteiger charge is 2.16. The number of aromatic carboxylic acids is 1. The molecule has 0 atom stereocenters. The number of carbonyl (C=O) groups is 2. The average molecular weight is 342 g/mol. The predicted molar refractivity (Wildman–Crippen MR) is 96.1 cm³/mol. The average Bonchev–Trinajstić information content (AvgIpc) is 2.52. The molecule has 2 rings (SSSR count). The molecule has 0 aliphatic heterocycles. The van der Waals surface area contributed by atoms with Crippen LogP contribution in [0.4, 0.5) is 0 Å². The molecular formula is C19H18O4S. The molecule has 0 radical (unpaired) electrons. The van der Waals surface area contributed by atoms with Crippen LogP contribution in [-0.2, 0) is 0 Å². The molecule has 2 N–H and O–H groups in total. The lowest BCUT2D eigenvalue weighted by molar-refractivity contribution is 0.0694. The van der Waals surface area contributed by atoms with Crippen LogP contribution in [0.3, 0.4) is 0 Å². The van der Waals surface area contributed by atoms with Gasteiger partial charge in [0, 0.05) is 4.90 Å². The minimum atomic E-state index is -0.957. The first kappa shape index (κ1) is 17.8. The van der Waals surface area contributed by atoms with Crippen molar-refractivity contribution in [3.05, 3.63) is 64.2 Å². The van der Waals surface area contributed by atoms with Gasteiger partial charge >= 0.3 is 5.97 Å². The minimum Gasteiger partial charge on any atom is -0.507 e. The number of rotatable bonds is 5. The largest absolute Gasteiger partial charge is 0.507 e. The molecule has 0 saturated carbocycles. The Labute approximate surface area is 144 Å². The van der Waals surface area contributed by atoms with Crippen LogP contribution in [0.5, 0.6) is 5.75 Å². The number of benzene rings is 2. The standard InChI is InChI=1S/C19H18O4S/c1-11-10-13(18(24-3)12(2)17(11)19(22)23)8-9-16(21)14-6-4-5-7-15(14)20/h4-10,20H,1-3H3,(H,22,23). The molecule has 0 amide bonds. The van der Waals surface area contributed by atoms with Gasteiger partial charge in [-0.3, -0.25) is 4.79 Å². The summed E-state index contributed by atoms with van der Waals surface area (Å²) in [4.78, 5) is 24.5. The number of hydrogen-bond acceptors (Lipinski definition) is 4. The highest BCUT2D eigenvalue weighted by atomic mass is 32.2. The molecule has 2 aromatic rings. The monoisotopic (exact) mass is 342 g/mol. The van der Waals surface area contributed by atoms with Gasteiger partial charge in [0.1, 0.15) is 5.75 Å². The summed E-state index contributed by atoms with van der Waals surface area (Å²) in [5.74, 6) is -1.33. The van der Waals surface area contributed by atoms with Crippen LogP contribution in [0.2, 0.25) is 0 Å². The first-order valence-electron chi connectivity index (χ1n) is 7.28. The summed E-state index contributed by atoms with van der Waals surface area (Å²) in [6.07, 6.45) is 4.92. The highest BCUT2D eigenvalue weighted by molar-refractivity contribution is 7.98. The van der Waals surface area contributed by atoms with Gasteiger partial charge in [0.15, 0.2) is 5.78 Å². The Kier molecular flexibility index (Phi) is 5.46. The molecule has 124 valence electrons. The van der Waals surface area contributed by atoms with Crippen LogP contribution in [-0.4, -0.2) is 28.2 Å². The van der Waals surface area contributed by atoms with E-state index in [-0.39, 0.29) is 17.1 Å². The second-order valence-electron chi connectivity index (χ2n) is 5.34. The predicted octanol–water partition coefficient (Wildman–Crippen LogP) is 4.33. The maximum absolute atomic E-state index is 12.2. The smallest absolute Gasteiger partial charge is 0.336 e. The van der Waals surface area contributed by atoms with Gasteiger partial charge in [0.25, 0.3) is 0 Å². The molecule has 0 heterocycles. The summed E-state index contributed by atoms with van der Waals surface area (Å²) in [6.45, 7) is 3.51. The van der Waals surface area contributed by atoms with Crippen molar-refractivity contribution in [3.8, 4) is 5.75 Å². The number of allylic oxidation sites excluding steroid dienone is 1. The summed E-state index contributed by atoms with van der Waals surface area (Å²) in [5, 5.41) is 19.1. The lowest BCUT2D eigenvalue weighted by Crippen LogP contribution is -2.05. The first-order valence-corrected chi connectivity index (χ1v) is 8.51. The third-order valence-corrected chi connectivity index (χ3v) is 4.70. The summed E-state index contributed by atoms with van der Waals surface area (Å²) in [7, 11) is 0. The molecule has 24 heavy (non-hydrogen) atoms. The van der Waals surface area contributed by atoms with Crippen LogP contribution in [0, 0.1) is 13.8 Å². The zero-order chi connectivity index (χ0) is 17.9. The molecule has 0 saturated heterocycles. The van der Waals surface area contributed by atoms with Crippen molar-refractivity contribution in [2.24, 2.45) is 0 Å². The molecule has 5 heteroatoms. The van der Waals surface area contributed by atoms with E-state index in [1.54, 1.807) is 44.2 Å². The maximum atomic E-state index is 12.2. The number of carbonyl (C=O) groups excluding carboxylic acids is 1. The van der Waals surface area contributed by atoms with Gasteiger partial charge in [-0.25, -0.2) is 4.79 Å². The quantitative estimate of drug-likeness (QED) is 0.481. The molecule has 0 bridgehead atoms. The third-order valence-electron chi connectivity index (χ3n) is 3.75. The van der Waals surface area contributed by atoms with Crippen molar-refractivity contribution in [1.82, 2.24) is 0 Å². The Morgan fingerprint density at radius 2 is 1.83 bits per heavy atom. The van der Waals surface area contributed by atoms with Crippen LogP contribution in [0.15, 0.2) is 41.3 Å². The van der Waals surface area contributed by atoms with Gasteiger partial charge in [-0.2, -0.15) is 0 Å². The molecule has 2 aromatic carbocycles. The lowest BCUT2D eigenvalue weighted by atomic mass is 9.98. The van der Waals surface area contributed by atoms with Gasteiger partial charge in [0.05, 0.1) is 11.1 Å². The molecule has 4 nitrogen and oxygen atoms in total. The molecule has 0 aliphatic carbocycles. The number of phenols is 1. The van der Waals surface area contributed by atoms with E-state index in [1.165, 1.54) is 23.9 Å². The van der Waals surface area contributed by atoms with Gasteiger partial charge in [0.2, 0.25) is 0 Å². The van der Waals surface area contributed by atoms with Gasteiger partial charge < -0.3 is 10.2 Å². The van der Waals surface area contributed by atoms with E-state index in [0.29, 0.717) is 16.7 Å². The van der Waals surface area contributed by atoms with Crippen molar-refractivity contribution in [1.29, 1.82) is 0 Å². The van der Waals surface area contributed by atoms with E-state index < -0.39 is 5.97 Å². The van der Waals surface area contributed by atoms with Gasteiger partial charge in [-0.05, 0) is 61.1 Å². The number of thioether (sulfide) groups is 1. The van der Waals surface area contributed by atoms with Crippen LogP contribution in [0.25, 0.3) is 6.08 Å². The number of hydrogen-bond donors (Lipinski definition) is 2. The van der Waals surface area contributed by atoms with E-state index in [0.717, 1.165) is 10.5 Å². The van der Waals surface area contributed by atoms with E-state index in [4.69, 9.17) is 0 Å². The fourth-order valence-corrected chi connectivity index (χ4v) is 3.43. The normalized spacial score (nSPS) is 11.0. The molecule has 0 spiro atoms. The third kappa shape index (κ3) is 3.51. The molecular weight excluding hydrogens is 324 g/mol. The topological polar surface area (TPSA) is 74.6 Å². The maximum Gasteiger partial charge on any atom is 0.336 e. The van der Waals surface area contributed by atoms with Crippen molar-refractivity contribution < 1.29 is 19.8 Å². The minimum absolute atomic E-state index is 0.0640. The zero-order valence-corrected chi connectivity index (χ0v) is 14.5. The van der Waals surface area contributed by atoms with Crippen LogP contribution >= 0.6 is 11.8 Å². The number of phenolic OH excluding ortho intramolecular Hbond substituents is 1. The summed E-state index contributed by atoms with van der Waals surface area (Å²) in [6, 6.07) is 8.12. The molecule has 0 fully saturated rings. The molecule has 0 unspecified atom stereocenters. The van der Waals surface area contributed by atoms with Crippen molar-refractivity contribution >= 4 is 29.6 Å². The lowest BCUT2D eigenvalue weighted by Gasteiger charge is -2.13. The van der Waals surface area contributed by atoms with E-state index in [9.17, 15) is 19.8 Å². The van der Waals surface area contributed by atoms with E-state index >= 15 is 0 Å². The number of carboxylic acids is 1. The molecule has 0 aromatic heterocycles. The van der Waals surface area contributed by atoms with Crippen LogP contribution in [0.1, 0.15) is 37.4 Å². The Morgan fingerprint density at radius 1 is 1.17 bits per heavy atom. The first-order chi connectivity index (χ1) is 11.4. The summed E-state index contributed by atoms with van der Waals surface area (Å²) >= 11 is 1.44. The zero-order valence-electron chi connectivity index (χ0n) is 13.7. The fourth-order valence-electron chi connectivity index (χ4n) is 2.66. The van der Waals surface area contributed by atoms with Crippen LogP contribution < -0.4 is 0 Å². The Bertz CT molecular complexity index is 838. The van der Waals surface area contributed by atoms with Crippen molar-refractivity contribution in [2.45, 2.75) is 18.7 Å². The molecule has 0 aliphatic rings. The summed E-state index contributed by atoms with van der Waals surface area (Å²) < 4.78 is 0. The fraction of sp³-hybridized carbons (Fsp3) is 0.158. The SMILES string of the molecule is CSc1c(C=CC(=O)c2ccccc2O)cc(C)c(C(=O)O)c1C. The number of aryl methyl sites for hydroxylation is 1. The van der Waals surface area contributed by atoms with Crippen molar-refractivity contribution in [3.63, 3.8) is 0 Å².